The van der Waals surface area contributed by atoms with Crippen molar-refractivity contribution in [2.75, 3.05) is 26.5 Å². The Hall–Kier alpha value is -1.20. The van der Waals surface area contributed by atoms with Crippen LogP contribution in [0.5, 0.6) is 0 Å². The van der Waals surface area contributed by atoms with Gasteiger partial charge in [0.05, 0.1) is 13.7 Å². The summed E-state index contributed by atoms with van der Waals surface area (Å²) in [6.45, 7) is 1.93. The fraction of sp³-hybridized carbons (Fsp3) is 0.778. The predicted molar refractivity (Wildman–Crippen MR) is 57.5 cm³/mol. The van der Waals surface area contributed by atoms with Gasteiger partial charge < -0.3 is 14.4 Å². The molecule has 0 aliphatic rings. The molecule has 0 spiro atoms. The Bertz CT molecular complexity index is 283. The number of hydrogen-bond donors (Lipinski definition) is 0. The van der Waals surface area contributed by atoms with Gasteiger partial charge in [-0.3, -0.25) is 9.69 Å². The SMILES string of the molecule is CCOC(=O)N(CCCC(=O)OC)C[P+](=O)[O-]. The van der Waals surface area contributed by atoms with Crippen molar-refractivity contribution in [3.8, 4) is 0 Å². The molecule has 1 atom stereocenters. The van der Waals surface area contributed by atoms with Gasteiger partial charge in [-0.15, -0.1) is 0 Å². The van der Waals surface area contributed by atoms with Crippen LogP contribution in [0.1, 0.15) is 19.8 Å². The first-order valence-corrected chi connectivity index (χ1v) is 6.47. The fourth-order valence-electron chi connectivity index (χ4n) is 1.09. The second-order valence-electron chi connectivity index (χ2n) is 3.12. The van der Waals surface area contributed by atoms with Crippen molar-refractivity contribution in [1.82, 2.24) is 4.90 Å². The summed E-state index contributed by atoms with van der Waals surface area (Å²) < 4.78 is 19.7. The first-order valence-electron chi connectivity index (χ1n) is 5.11. The molecule has 8 heteroatoms. The van der Waals surface area contributed by atoms with Crippen LogP contribution < -0.4 is 4.89 Å². The lowest BCUT2D eigenvalue weighted by molar-refractivity contribution is -0.166. The van der Waals surface area contributed by atoms with Crippen LogP contribution in [-0.2, 0) is 18.8 Å². The van der Waals surface area contributed by atoms with Crippen molar-refractivity contribution in [2.24, 2.45) is 0 Å². The summed E-state index contributed by atoms with van der Waals surface area (Å²) in [4.78, 5) is 33.8. The van der Waals surface area contributed by atoms with Crippen LogP contribution in [0.25, 0.3) is 0 Å². The van der Waals surface area contributed by atoms with Crippen LogP contribution in [0, 0.1) is 0 Å². The first-order chi connectivity index (χ1) is 8.01. The average molecular weight is 265 g/mol. The molecule has 7 nitrogen and oxygen atoms in total. The van der Waals surface area contributed by atoms with Crippen molar-refractivity contribution in [3.63, 3.8) is 0 Å². The van der Waals surface area contributed by atoms with E-state index in [0.29, 0.717) is 6.42 Å². The van der Waals surface area contributed by atoms with E-state index >= 15 is 0 Å². The number of ether oxygens (including phenoxy) is 2. The third-order valence-corrected chi connectivity index (χ3v) is 2.42. The van der Waals surface area contributed by atoms with Crippen molar-refractivity contribution >= 4 is 20.1 Å². The second kappa shape index (κ2) is 8.90. The third kappa shape index (κ3) is 7.65. The molecule has 1 unspecified atom stereocenters. The minimum absolute atomic E-state index is 0.127. The number of hydrogen-bond acceptors (Lipinski definition) is 6. The van der Waals surface area contributed by atoms with Gasteiger partial charge in [0.2, 0.25) is 6.29 Å². The minimum Gasteiger partial charge on any atom is -0.594 e. The molecule has 98 valence electrons. The maximum Gasteiger partial charge on any atom is 0.413 e. The molecule has 1 amide bonds. The molecule has 0 aromatic rings. The highest BCUT2D eigenvalue weighted by molar-refractivity contribution is 7.36. The minimum atomic E-state index is -2.71. The van der Waals surface area contributed by atoms with E-state index in [1.807, 2.05) is 0 Å². The van der Waals surface area contributed by atoms with Gasteiger partial charge in [0.1, 0.15) is 0 Å². The topological polar surface area (TPSA) is 96.0 Å². The van der Waals surface area contributed by atoms with Crippen molar-refractivity contribution in [2.45, 2.75) is 19.8 Å². The number of nitrogens with zero attached hydrogens (tertiary/aromatic N) is 1. The number of esters is 1. The zero-order valence-electron chi connectivity index (χ0n) is 9.88. The summed E-state index contributed by atoms with van der Waals surface area (Å²) in [5, 5.41) is 0. The lowest BCUT2D eigenvalue weighted by Crippen LogP contribution is -2.33. The van der Waals surface area contributed by atoms with E-state index in [9.17, 15) is 19.0 Å². The number of methoxy groups -OCH3 is 1. The van der Waals surface area contributed by atoms with Crippen molar-refractivity contribution in [1.29, 1.82) is 0 Å². The Balaban J connectivity index is 4.14. The van der Waals surface area contributed by atoms with E-state index in [4.69, 9.17) is 4.74 Å². The molecule has 0 bridgehead atoms. The largest absolute Gasteiger partial charge is 0.594 e. The van der Waals surface area contributed by atoms with E-state index < -0.39 is 26.4 Å². The highest BCUT2D eigenvalue weighted by Crippen LogP contribution is 2.12. The van der Waals surface area contributed by atoms with Crippen LogP contribution in [0.15, 0.2) is 0 Å². The number of carbonyl (C=O) groups is 2. The molecule has 0 saturated carbocycles. The maximum atomic E-state index is 11.3. The lowest BCUT2D eigenvalue weighted by Gasteiger charge is -2.17. The van der Waals surface area contributed by atoms with Crippen LogP contribution in [-0.4, -0.2) is 43.5 Å². The average Bonchev–Trinajstić information content (AvgIpc) is 2.27. The Kier molecular flexibility index (Phi) is 8.27. The van der Waals surface area contributed by atoms with E-state index in [-0.39, 0.29) is 19.6 Å². The van der Waals surface area contributed by atoms with Crippen LogP contribution in [0.2, 0.25) is 0 Å². The van der Waals surface area contributed by atoms with E-state index in [2.05, 4.69) is 4.74 Å². The molecular formula is C9H16NO6P. The van der Waals surface area contributed by atoms with E-state index in [1.165, 1.54) is 7.11 Å². The van der Waals surface area contributed by atoms with E-state index in [0.717, 1.165) is 4.90 Å². The van der Waals surface area contributed by atoms with Crippen LogP contribution in [0.3, 0.4) is 0 Å². The Morgan fingerprint density at radius 3 is 2.53 bits per heavy atom. The normalized spacial score (nSPS) is 10.6. The summed E-state index contributed by atoms with van der Waals surface area (Å²) in [7, 11) is -1.45. The van der Waals surface area contributed by atoms with Crippen molar-refractivity contribution < 1.29 is 28.5 Å². The molecule has 0 aliphatic carbocycles. The monoisotopic (exact) mass is 265 g/mol. The first kappa shape index (κ1) is 15.8. The standard InChI is InChI=1S/C9H16NO6P/c1-3-16-9(12)10(7-17(13)14)6-4-5-8(11)15-2/h3-7H2,1-2H3. The highest BCUT2D eigenvalue weighted by Gasteiger charge is 2.20. The fourth-order valence-corrected chi connectivity index (χ4v) is 1.63. The molecule has 0 saturated heterocycles. The molecule has 0 aromatic carbocycles. The zero-order chi connectivity index (χ0) is 13.3. The van der Waals surface area contributed by atoms with Crippen LogP contribution in [0.4, 0.5) is 4.79 Å². The number of rotatable bonds is 7. The van der Waals surface area contributed by atoms with Gasteiger partial charge in [0.15, 0.2) is 0 Å². The number of carbonyl (C=O) groups excluding carboxylic acids is 2. The Morgan fingerprint density at radius 1 is 1.41 bits per heavy atom. The molecule has 0 radical (unpaired) electrons. The molecular weight excluding hydrogens is 249 g/mol. The third-order valence-electron chi connectivity index (χ3n) is 1.85. The Labute approximate surface area is 101 Å². The number of amides is 1. The molecule has 0 aromatic heterocycles. The Morgan fingerprint density at radius 2 is 2.06 bits per heavy atom. The molecule has 0 rings (SSSR count). The summed E-state index contributed by atoms with van der Waals surface area (Å²) >= 11 is 0. The predicted octanol–water partition coefficient (Wildman–Crippen LogP) is 0.458. The summed E-state index contributed by atoms with van der Waals surface area (Å²) in [5.41, 5.74) is 0. The quantitative estimate of drug-likeness (QED) is 0.490. The summed E-state index contributed by atoms with van der Waals surface area (Å²) in [6.07, 6.45) is -0.650. The molecule has 0 heterocycles. The van der Waals surface area contributed by atoms with Gasteiger partial charge in [-0.25, -0.2) is 4.79 Å². The van der Waals surface area contributed by atoms with Gasteiger partial charge >= 0.3 is 20.1 Å². The molecule has 17 heavy (non-hydrogen) atoms. The van der Waals surface area contributed by atoms with Gasteiger partial charge in [-0.2, -0.15) is 0 Å². The van der Waals surface area contributed by atoms with Gasteiger partial charge in [-0.1, -0.05) is 4.57 Å². The highest BCUT2D eigenvalue weighted by atomic mass is 31.1. The van der Waals surface area contributed by atoms with Crippen LogP contribution >= 0.6 is 8.03 Å². The second-order valence-corrected chi connectivity index (χ2v) is 4.06. The lowest BCUT2D eigenvalue weighted by atomic mass is 10.3. The van der Waals surface area contributed by atoms with Gasteiger partial charge in [0.25, 0.3) is 0 Å². The summed E-state index contributed by atoms with van der Waals surface area (Å²) in [6, 6.07) is 0. The van der Waals surface area contributed by atoms with Crippen molar-refractivity contribution in [3.05, 3.63) is 0 Å². The zero-order valence-corrected chi connectivity index (χ0v) is 10.8. The van der Waals surface area contributed by atoms with Gasteiger partial charge in [-0.05, 0) is 13.3 Å². The molecule has 0 aliphatic heterocycles. The summed E-state index contributed by atoms with van der Waals surface area (Å²) in [5.74, 6) is -0.402. The van der Waals surface area contributed by atoms with E-state index in [1.54, 1.807) is 6.92 Å². The van der Waals surface area contributed by atoms with Gasteiger partial charge in [0, 0.05) is 13.0 Å². The maximum absolute atomic E-state index is 11.3. The molecule has 0 fully saturated rings. The smallest absolute Gasteiger partial charge is 0.413 e. The molecule has 0 N–H and O–H groups in total.